The van der Waals surface area contributed by atoms with E-state index >= 15 is 0 Å². The summed E-state index contributed by atoms with van der Waals surface area (Å²) in [6.45, 7) is 3.90. The quantitative estimate of drug-likeness (QED) is 0.404. The molecule has 27 heavy (non-hydrogen) atoms. The van der Waals surface area contributed by atoms with Gasteiger partial charge >= 0.3 is 6.01 Å². The largest absolute Gasteiger partial charge is 0.464 e. The van der Waals surface area contributed by atoms with Crippen molar-refractivity contribution in [1.82, 2.24) is 29.9 Å². The van der Waals surface area contributed by atoms with E-state index in [1.165, 1.54) is 18.1 Å². The molecule has 10 nitrogen and oxygen atoms in total. The summed E-state index contributed by atoms with van der Waals surface area (Å²) in [6, 6.07) is -0.0161. The lowest BCUT2D eigenvalue weighted by Gasteiger charge is -2.14. The van der Waals surface area contributed by atoms with Crippen LogP contribution >= 0.6 is 11.8 Å². The zero-order chi connectivity index (χ0) is 19.4. The fourth-order valence-corrected chi connectivity index (χ4v) is 3.22. The number of H-pyrrole nitrogens is 1. The molecule has 1 atom stereocenters. The van der Waals surface area contributed by atoms with Crippen molar-refractivity contribution in [1.29, 1.82) is 0 Å². The molecule has 3 rings (SSSR count). The number of aromatic amines is 1. The number of carbonyl (C=O) groups excluding carboxylic acids is 1. The van der Waals surface area contributed by atoms with E-state index in [0.717, 1.165) is 6.20 Å². The number of halogens is 1. The van der Waals surface area contributed by atoms with Crippen molar-refractivity contribution in [2.24, 2.45) is 0 Å². The Balaban J connectivity index is 1.80. The minimum atomic E-state index is -0.756. The number of anilines is 2. The van der Waals surface area contributed by atoms with Gasteiger partial charge in [0, 0.05) is 0 Å². The third-order valence-electron chi connectivity index (χ3n) is 3.42. The predicted octanol–water partition coefficient (Wildman–Crippen LogP) is 1.77. The number of fused-ring (bicyclic) bond motifs is 1. The number of imidazole rings is 1. The first-order valence-corrected chi connectivity index (χ1v) is 8.99. The molecule has 1 amide bonds. The molecule has 3 aromatic rings. The highest BCUT2D eigenvalue weighted by atomic mass is 32.2. The Kier molecular flexibility index (Phi) is 5.64. The molecule has 0 saturated carbocycles. The number of nitrogens with one attached hydrogen (secondary N) is 2. The van der Waals surface area contributed by atoms with Gasteiger partial charge in [0.2, 0.25) is 11.9 Å². The minimum absolute atomic E-state index is 0.0161. The van der Waals surface area contributed by atoms with Crippen LogP contribution in [0.25, 0.3) is 11.2 Å². The second-order valence-electron chi connectivity index (χ2n) is 5.27. The average molecular weight is 392 g/mol. The second kappa shape index (κ2) is 8.12. The van der Waals surface area contributed by atoms with Crippen LogP contribution in [0.1, 0.15) is 20.3 Å². The number of carbonyl (C=O) groups is 1. The highest BCUT2D eigenvalue weighted by molar-refractivity contribution is 8.00. The summed E-state index contributed by atoms with van der Waals surface area (Å²) >= 11 is 1.17. The van der Waals surface area contributed by atoms with Crippen molar-refractivity contribution in [3.05, 3.63) is 18.3 Å². The number of ether oxygens (including phenoxy) is 1. The smallest absolute Gasteiger partial charge is 0.318 e. The van der Waals surface area contributed by atoms with Gasteiger partial charge < -0.3 is 20.8 Å². The van der Waals surface area contributed by atoms with E-state index in [0.29, 0.717) is 29.2 Å². The first-order chi connectivity index (χ1) is 13.0. The molecule has 0 fully saturated rings. The number of hydrogen-bond acceptors (Lipinski definition) is 9. The molecule has 0 radical (unpaired) electrons. The van der Waals surface area contributed by atoms with Gasteiger partial charge in [-0.15, -0.1) is 0 Å². The van der Waals surface area contributed by atoms with Crippen LogP contribution in [0.15, 0.2) is 17.6 Å². The molecule has 142 valence electrons. The van der Waals surface area contributed by atoms with Gasteiger partial charge in [0.05, 0.1) is 24.4 Å². The summed E-state index contributed by atoms with van der Waals surface area (Å²) in [5.74, 6) is -1.39. The second-order valence-corrected chi connectivity index (χ2v) is 6.47. The van der Waals surface area contributed by atoms with Crippen LogP contribution in [0, 0.1) is 5.82 Å². The number of amides is 1. The number of nitrogens with two attached hydrogens (primary N) is 1. The maximum atomic E-state index is 13.9. The number of aromatic nitrogens is 6. The number of nitrogen functional groups attached to an aromatic ring is 1. The fourth-order valence-electron chi connectivity index (χ4n) is 2.20. The molecule has 3 heterocycles. The van der Waals surface area contributed by atoms with Crippen molar-refractivity contribution in [2.75, 3.05) is 17.7 Å². The third-order valence-corrected chi connectivity index (χ3v) is 4.77. The monoisotopic (exact) mass is 392 g/mol. The van der Waals surface area contributed by atoms with E-state index in [-0.39, 0.29) is 17.8 Å². The van der Waals surface area contributed by atoms with Crippen LogP contribution in [0.4, 0.5) is 16.2 Å². The van der Waals surface area contributed by atoms with Crippen molar-refractivity contribution < 1.29 is 13.9 Å². The van der Waals surface area contributed by atoms with Crippen LogP contribution < -0.4 is 15.8 Å². The van der Waals surface area contributed by atoms with E-state index in [2.05, 4.69) is 35.2 Å². The van der Waals surface area contributed by atoms with Crippen LogP contribution in [0.3, 0.4) is 0 Å². The van der Waals surface area contributed by atoms with E-state index in [9.17, 15) is 9.18 Å². The van der Waals surface area contributed by atoms with Crippen molar-refractivity contribution in [3.63, 3.8) is 0 Å². The molecule has 0 aliphatic heterocycles. The highest BCUT2D eigenvalue weighted by Crippen LogP contribution is 2.30. The minimum Gasteiger partial charge on any atom is -0.464 e. The molecular formula is C15H17FN8O2S. The summed E-state index contributed by atoms with van der Waals surface area (Å²) in [6.07, 6.45) is 2.87. The molecule has 0 bridgehead atoms. The van der Waals surface area contributed by atoms with Gasteiger partial charge in [-0.1, -0.05) is 18.7 Å². The molecule has 0 aliphatic rings. The summed E-state index contributed by atoms with van der Waals surface area (Å²) in [4.78, 5) is 35.3. The van der Waals surface area contributed by atoms with E-state index < -0.39 is 17.0 Å². The third kappa shape index (κ3) is 4.22. The molecule has 0 aliphatic carbocycles. The molecular weight excluding hydrogens is 375 g/mol. The molecule has 0 spiro atoms. The molecule has 4 N–H and O–H groups in total. The Morgan fingerprint density at radius 3 is 2.93 bits per heavy atom. The Morgan fingerprint density at radius 1 is 1.37 bits per heavy atom. The Hall–Kier alpha value is -3.02. The lowest BCUT2D eigenvalue weighted by molar-refractivity contribution is -0.115. The Bertz CT molecular complexity index is 966. The van der Waals surface area contributed by atoms with Crippen LogP contribution in [0.5, 0.6) is 6.01 Å². The maximum Gasteiger partial charge on any atom is 0.318 e. The molecule has 0 aromatic carbocycles. The lowest BCUT2D eigenvalue weighted by Crippen LogP contribution is -2.26. The number of nitrogens with zero attached hydrogens (tertiary/aromatic N) is 5. The van der Waals surface area contributed by atoms with Gasteiger partial charge in [-0.25, -0.2) is 19.3 Å². The normalized spacial score (nSPS) is 12.1. The summed E-state index contributed by atoms with van der Waals surface area (Å²) in [5, 5.41) is 2.38. The number of thioether (sulfide) groups is 1. The Labute approximate surface area is 157 Å². The van der Waals surface area contributed by atoms with Crippen LogP contribution in [-0.2, 0) is 4.79 Å². The number of rotatable bonds is 7. The van der Waals surface area contributed by atoms with Gasteiger partial charge in [-0.3, -0.25) is 4.79 Å². The molecule has 0 unspecified atom stereocenters. The van der Waals surface area contributed by atoms with Crippen molar-refractivity contribution >= 4 is 40.6 Å². The number of hydrogen-bond donors (Lipinski definition) is 3. The maximum absolute atomic E-state index is 13.9. The van der Waals surface area contributed by atoms with E-state index in [4.69, 9.17) is 10.5 Å². The van der Waals surface area contributed by atoms with Crippen LogP contribution in [0.2, 0.25) is 0 Å². The zero-order valence-electron chi connectivity index (χ0n) is 14.6. The first kappa shape index (κ1) is 18.8. The van der Waals surface area contributed by atoms with Gasteiger partial charge in [0.15, 0.2) is 17.3 Å². The standard InChI is InChI=1S/C15H17FN8O2S/c1-3-8(27-13-9-11(20-6-19-9)22-14(17)24-13)12(25)21-10-7(16)5-18-15(23-10)26-4-2/h5-6,8H,3-4H2,1-2H3,(H,18,21,23,25)(H3,17,19,20,22,24)/t8-/m0/s1. The van der Waals surface area contributed by atoms with Crippen molar-refractivity contribution in [3.8, 4) is 6.01 Å². The van der Waals surface area contributed by atoms with E-state index in [1.807, 2.05) is 6.92 Å². The van der Waals surface area contributed by atoms with Gasteiger partial charge in [0.1, 0.15) is 10.5 Å². The van der Waals surface area contributed by atoms with Crippen molar-refractivity contribution in [2.45, 2.75) is 30.5 Å². The highest BCUT2D eigenvalue weighted by Gasteiger charge is 2.23. The summed E-state index contributed by atoms with van der Waals surface area (Å²) in [7, 11) is 0. The SMILES string of the molecule is CCOc1ncc(F)c(NC(=O)[C@H](CC)Sc2nc(N)nc3nc[nH]c23)n1. The van der Waals surface area contributed by atoms with Gasteiger partial charge in [-0.2, -0.15) is 9.97 Å². The molecule has 12 heteroatoms. The van der Waals surface area contributed by atoms with E-state index in [1.54, 1.807) is 6.92 Å². The lowest BCUT2D eigenvalue weighted by atomic mass is 10.3. The molecule has 3 aromatic heterocycles. The van der Waals surface area contributed by atoms with Gasteiger partial charge in [-0.05, 0) is 13.3 Å². The topological polar surface area (TPSA) is 145 Å². The fraction of sp³-hybridized carbons (Fsp3) is 0.333. The van der Waals surface area contributed by atoms with Gasteiger partial charge in [0.25, 0.3) is 0 Å². The predicted molar refractivity (Wildman–Crippen MR) is 97.8 cm³/mol. The first-order valence-electron chi connectivity index (χ1n) is 8.11. The molecule has 0 saturated heterocycles. The zero-order valence-corrected chi connectivity index (χ0v) is 15.4. The van der Waals surface area contributed by atoms with Crippen LogP contribution in [-0.4, -0.2) is 47.7 Å². The summed E-state index contributed by atoms with van der Waals surface area (Å²) in [5.41, 5.74) is 6.68. The Morgan fingerprint density at radius 2 is 2.19 bits per heavy atom. The summed E-state index contributed by atoms with van der Waals surface area (Å²) < 4.78 is 19.1. The average Bonchev–Trinajstić information content (AvgIpc) is 3.10.